The summed E-state index contributed by atoms with van der Waals surface area (Å²) in [5, 5.41) is 16.3. The number of hydrogen-bond acceptors (Lipinski definition) is 5. The van der Waals surface area contributed by atoms with Gasteiger partial charge in [-0.05, 0) is 24.5 Å². The van der Waals surface area contributed by atoms with Gasteiger partial charge in [-0.3, -0.25) is 9.89 Å². The van der Waals surface area contributed by atoms with Crippen LogP contribution < -0.4 is 10.6 Å². The van der Waals surface area contributed by atoms with E-state index in [4.69, 9.17) is 0 Å². The molecule has 2 aliphatic rings. The average molecular weight is 288 g/mol. The number of guanidine groups is 1. The molecule has 2 heterocycles. The van der Waals surface area contributed by atoms with Crippen LogP contribution in [0.1, 0.15) is 24.5 Å². The van der Waals surface area contributed by atoms with Crippen molar-refractivity contribution in [3.63, 3.8) is 0 Å². The largest absolute Gasteiger partial charge is 0.392 e. The number of aliphatic imine (C=N–C) groups is 1. The van der Waals surface area contributed by atoms with Gasteiger partial charge in [-0.2, -0.15) is 0 Å². The van der Waals surface area contributed by atoms with E-state index < -0.39 is 0 Å². The molecule has 2 aliphatic heterocycles. The Morgan fingerprint density at radius 3 is 2.86 bits per heavy atom. The molecule has 0 radical (unpaired) electrons. The minimum atomic E-state index is -0.159. The molecule has 1 aromatic rings. The van der Waals surface area contributed by atoms with Gasteiger partial charge < -0.3 is 15.7 Å². The predicted octanol–water partition coefficient (Wildman–Crippen LogP) is 0.691. The number of benzene rings is 1. The van der Waals surface area contributed by atoms with Crippen LogP contribution in [0.15, 0.2) is 29.3 Å². The first-order chi connectivity index (χ1) is 10.2. The number of aliphatic hydroxyl groups excluding tert-OH is 1. The van der Waals surface area contributed by atoms with Gasteiger partial charge in [0.2, 0.25) is 0 Å². The summed E-state index contributed by atoms with van der Waals surface area (Å²) in [7, 11) is 0. The monoisotopic (exact) mass is 288 g/mol. The van der Waals surface area contributed by atoms with Crippen molar-refractivity contribution in [2.45, 2.75) is 38.6 Å². The van der Waals surface area contributed by atoms with Gasteiger partial charge >= 0.3 is 0 Å². The van der Waals surface area contributed by atoms with Crippen molar-refractivity contribution in [2.24, 2.45) is 4.99 Å². The van der Waals surface area contributed by atoms with Crippen LogP contribution in [0.25, 0.3) is 0 Å². The number of aliphatic hydroxyl groups is 1. The maximum Gasteiger partial charge on any atom is 0.191 e. The average Bonchev–Trinajstić information content (AvgIpc) is 3.07. The maximum atomic E-state index is 9.64. The van der Waals surface area contributed by atoms with Crippen molar-refractivity contribution in [3.05, 3.63) is 35.4 Å². The molecule has 1 saturated heterocycles. The van der Waals surface area contributed by atoms with Crippen LogP contribution in [-0.2, 0) is 13.1 Å². The van der Waals surface area contributed by atoms with E-state index in [9.17, 15) is 5.11 Å². The lowest BCUT2D eigenvalue weighted by molar-refractivity contribution is 0.174. The number of nitrogens with one attached hydrogen (secondary N) is 2. The minimum Gasteiger partial charge on any atom is -0.392 e. The van der Waals surface area contributed by atoms with E-state index in [2.05, 4.69) is 51.7 Å². The van der Waals surface area contributed by atoms with Crippen molar-refractivity contribution >= 4 is 5.96 Å². The Kier molecular flexibility index (Phi) is 4.41. The number of hydrogen-bond donors (Lipinski definition) is 3. The third kappa shape index (κ3) is 3.74. The number of rotatable bonds is 4. The molecule has 0 spiro atoms. The lowest BCUT2D eigenvalue weighted by atomic mass is 10.1. The number of nitrogens with zero attached hydrogens (tertiary/aromatic N) is 2. The summed E-state index contributed by atoms with van der Waals surface area (Å²) in [6.07, 6.45) is 0.729. The van der Waals surface area contributed by atoms with Gasteiger partial charge in [-0.15, -0.1) is 0 Å². The molecule has 1 aromatic carbocycles. The van der Waals surface area contributed by atoms with Crippen LogP contribution in [0.3, 0.4) is 0 Å². The summed E-state index contributed by atoms with van der Waals surface area (Å²) < 4.78 is 0. The first-order valence-electron chi connectivity index (χ1n) is 7.73. The fraction of sp³-hybridized carbons (Fsp3) is 0.562. The SMILES string of the molecule is CC1CN=C(NCc2ccccc2CN2CCC(O)C2)N1. The van der Waals surface area contributed by atoms with Gasteiger partial charge in [-0.25, -0.2) is 0 Å². The molecule has 1 fully saturated rings. The van der Waals surface area contributed by atoms with E-state index in [1.54, 1.807) is 0 Å². The Labute approximate surface area is 126 Å². The van der Waals surface area contributed by atoms with Crippen molar-refractivity contribution in [3.8, 4) is 0 Å². The van der Waals surface area contributed by atoms with Crippen LogP contribution in [0.4, 0.5) is 0 Å². The van der Waals surface area contributed by atoms with Crippen LogP contribution in [-0.4, -0.2) is 47.7 Å². The molecule has 2 unspecified atom stereocenters. The standard InChI is InChI=1S/C16H24N4O/c1-12-8-17-16(19-12)18-9-13-4-2-3-5-14(13)10-20-7-6-15(21)11-20/h2-5,12,15,21H,6-11H2,1H3,(H2,17,18,19). The van der Waals surface area contributed by atoms with Crippen molar-refractivity contribution in [2.75, 3.05) is 19.6 Å². The lowest BCUT2D eigenvalue weighted by Gasteiger charge is -2.18. The van der Waals surface area contributed by atoms with Gasteiger partial charge in [0.15, 0.2) is 5.96 Å². The topological polar surface area (TPSA) is 59.9 Å². The van der Waals surface area contributed by atoms with Gasteiger partial charge in [-0.1, -0.05) is 24.3 Å². The minimum absolute atomic E-state index is 0.159. The third-order valence-corrected chi connectivity index (χ3v) is 4.11. The molecule has 21 heavy (non-hydrogen) atoms. The lowest BCUT2D eigenvalue weighted by Crippen LogP contribution is -2.37. The summed E-state index contributed by atoms with van der Waals surface area (Å²) >= 11 is 0. The molecule has 0 aromatic heterocycles. The van der Waals surface area contributed by atoms with Gasteiger partial charge in [0.1, 0.15) is 0 Å². The zero-order chi connectivity index (χ0) is 14.7. The normalized spacial score (nSPS) is 25.7. The summed E-state index contributed by atoms with van der Waals surface area (Å²) in [5.74, 6) is 0.897. The number of likely N-dealkylation sites (tertiary alicyclic amines) is 1. The molecule has 5 nitrogen and oxygen atoms in total. The summed E-state index contributed by atoms with van der Waals surface area (Å²) in [5.41, 5.74) is 2.62. The van der Waals surface area contributed by atoms with Crippen LogP contribution in [0, 0.1) is 0 Å². The highest BCUT2D eigenvalue weighted by Gasteiger charge is 2.20. The summed E-state index contributed by atoms with van der Waals surface area (Å²) in [6.45, 7) is 6.43. The molecule has 0 bridgehead atoms. The summed E-state index contributed by atoms with van der Waals surface area (Å²) in [6, 6.07) is 8.92. The first-order valence-corrected chi connectivity index (χ1v) is 7.73. The second-order valence-corrected chi connectivity index (χ2v) is 6.03. The van der Waals surface area contributed by atoms with Gasteiger partial charge in [0, 0.05) is 32.2 Å². The molecular weight excluding hydrogens is 264 g/mol. The zero-order valence-corrected chi connectivity index (χ0v) is 12.5. The van der Waals surface area contributed by atoms with Crippen molar-refractivity contribution < 1.29 is 5.11 Å². The molecule has 3 rings (SSSR count). The van der Waals surface area contributed by atoms with E-state index in [0.717, 1.165) is 45.1 Å². The molecule has 114 valence electrons. The second kappa shape index (κ2) is 6.45. The van der Waals surface area contributed by atoms with Crippen molar-refractivity contribution in [1.82, 2.24) is 15.5 Å². The van der Waals surface area contributed by atoms with Crippen LogP contribution in [0.2, 0.25) is 0 Å². The maximum absolute atomic E-state index is 9.64. The third-order valence-electron chi connectivity index (χ3n) is 4.11. The van der Waals surface area contributed by atoms with E-state index in [1.807, 2.05) is 0 Å². The predicted molar refractivity (Wildman–Crippen MR) is 84.1 cm³/mol. The quantitative estimate of drug-likeness (QED) is 0.763. The highest BCUT2D eigenvalue weighted by Crippen LogP contribution is 2.16. The molecular formula is C16H24N4O. The van der Waals surface area contributed by atoms with E-state index >= 15 is 0 Å². The zero-order valence-electron chi connectivity index (χ0n) is 12.5. The van der Waals surface area contributed by atoms with E-state index in [0.29, 0.717) is 6.04 Å². The van der Waals surface area contributed by atoms with Crippen LogP contribution >= 0.6 is 0 Å². The Morgan fingerprint density at radius 1 is 1.38 bits per heavy atom. The fourth-order valence-electron chi connectivity index (χ4n) is 2.92. The molecule has 2 atom stereocenters. The Balaban J connectivity index is 1.60. The number of β-amino-alcohol motifs (C(OH)–C–C–N with tert-alkyl or cyclic N) is 1. The fourth-order valence-corrected chi connectivity index (χ4v) is 2.92. The van der Waals surface area contributed by atoms with Gasteiger partial charge in [0.25, 0.3) is 0 Å². The Morgan fingerprint density at radius 2 is 2.19 bits per heavy atom. The first kappa shape index (κ1) is 14.4. The Bertz CT molecular complexity index is 517. The van der Waals surface area contributed by atoms with E-state index in [1.165, 1.54) is 11.1 Å². The molecule has 0 saturated carbocycles. The molecule has 3 N–H and O–H groups in total. The van der Waals surface area contributed by atoms with Gasteiger partial charge in [0.05, 0.1) is 12.6 Å². The van der Waals surface area contributed by atoms with E-state index in [-0.39, 0.29) is 6.10 Å². The molecule has 0 aliphatic carbocycles. The molecule has 5 heteroatoms. The Hall–Kier alpha value is -1.59. The second-order valence-electron chi connectivity index (χ2n) is 6.03. The highest BCUT2D eigenvalue weighted by molar-refractivity contribution is 5.81. The van der Waals surface area contributed by atoms with Crippen molar-refractivity contribution in [1.29, 1.82) is 0 Å². The smallest absolute Gasteiger partial charge is 0.191 e. The van der Waals surface area contributed by atoms with Crippen LogP contribution in [0.5, 0.6) is 0 Å². The highest BCUT2D eigenvalue weighted by atomic mass is 16.3. The summed E-state index contributed by atoms with van der Waals surface area (Å²) in [4.78, 5) is 6.74. The molecule has 0 amide bonds.